The molecule has 0 saturated carbocycles. The molecule has 1 aromatic carbocycles. The molecular formula is C18H23FS. The summed E-state index contributed by atoms with van der Waals surface area (Å²) >= 11 is 1.55. The van der Waals surface area contributed by atoms with Gasteiger partial charge in [-0.15, -0.1) is 0 Å². The SMILES string of the molecule is C=C(CC)CC/C(C)=C(/SC(=C)C)c1ccccc1F. The molecule has 0 atom stereocenters. The van der Waals surface area contributed by atoms with Gasteiger partial charge in [0.2, 0.25) is 0 Å². The number of allylic oxidation sites excluding steroid dienone is 3. The number of hydrogen-bond acceptors (Lipinski definition) is 1. The average Bonchev–Trinajstić information content (AvgIpc) is 2.42. The van der Waals surface area contributed by atoms with E-state index in [4.69, 9.17) is 0 Å². The Morgan fingerprint density at radius 1 is 1.15 bits per heavy atom. The Morgan fingerprint density at radius 2 is 1.80 bits per heavy atom. The Morgan fingerprint density at radius 3 is 2.35 bits per heavy atom. The molecule has 0 aliphatic heterocycles. The van der Waals surface area contributed by atoms with Gasteiger partial charge < -0.3 is 0 Å². The number of halogens is 1. The lowest BCUT2D eigenvalue weighted by atomic mass is 10.0. The predicted octanol–water partition coefficient (Wildman–Crippen LogP) is 6.57. The highest BCUT2D eigenvalue weighted by molar-refractivity contribution is 8.11. The van der Waals surface area contributed by atoms with Gasteiger partial charge in [-0.3, -0.25) is 0 Å². The van der Waals surface area contributed by atoms with Crippen molar-refractivity contribution < 1.29 is 4.39 Å². The van der Waals surface area contributed by atoms with E-state index in [-0.39, 0.29) is 5.82 Å². The maximum absolute atomic E-state index is 14.0. The minimum absolute atomic E-state index is 0.176. The Balaban J connectivity index is 3.08. The Hall–Kier alpha value is -1.28. The van der Waals surface area contributed by atoms with Gasteiger partial charge >= 0.3 is 0 Å². The quantitative estimate of drug-likeness (QED) is 0.512. The van der Waals surface area contributed by atoms with Gasteiger partial charge in [0, 0.05) is 10.5 Å². The van der Waals surface area contributed by atoms with Crippen LogP contribution in [0.15, 0.2) is 53.5 Å². The van der Waals surface area contributed by atoms with Crippen LogP contribution in [0.2, 0.25) is 0 Å². The molecule has 0 spiro atoms. The van der Waals surface area contributed by atoms with Crippen LogP contribution in [0.1, 0.15) is 45.6 Å². The third kappa shape index (κ3) is 5.01. The summed E-state index contributed by atoms with van der Waals surface area (Å²) in [6, 6.07) is 6.93. The van der Waals surface area contributed by atoms with Crippen molar-refractivity contribution in [1.29, 1.82) is 0 Å². The van der Waals surface area contributed by atoms with E-state index in [2.05, 4.69) is 27.0 Å². The van der Waals surface area contributed by atoms with Crippen molar-refractivity contribution in [2.45, 2.75) is 40.0 Å². The van der Waals surface area contributed by atoms with Crippen molar-refractivity contribution in [3.63, 3.8) is 0 Å². The molecule has 0 N–H and O–H groups in total. The molecule has 0 unspecified atom stereocenters. The highest BCUT2D eigenvalue weighted by Crippen LogP contribution is 2.38. The number of thioether (sulfide) groups is 1. The van der Waals surface area contributed by atoms with Crippen LogP contribution in [0.25, 0.3) is 4.91 Å². The van der Waals surface area contributed by atoms with Gasteiger partial charge in [-0.05, 0) is 44.1 Å². The van der Waals surface area contributed by atoms with E-state index in [0.717, 1.165) is 29.1 Å². The summed E-state index contributed by atoms with van der Waals surface area (Å²) < 4.78 is 14.0. The third-order valence-corrected chi connectivity index (χ3v) is 4.26. The van der Waals surface area contributed by atoms with Crippen LogP contribution in [-0.2, 0) is 0 Å². The van der Waals surface area contributed by atoms with Gasteiger partial charge in [0.25, 0.3) is 0 Å². The molecule has 0 aliphatic carbocycles. The second kappa shape index (κ2) is 8.11. The first-order valence-electron chi connectivity index (χ1n) is 6.90. The smallest absolute Gasteiger partial charge is 0.131 e. The van der Waals surface area contributed by atoms with Gasteiger partial charge in [0.05, 0.1) is 0 Å². The molecule has 0 nitrogen and oxygen atoms in total. The fourth-order valence-corrected chi connectivity index (χ4v) is 2.75. The summed E-state index contributed by atoms with van der Waals surface area (Å²) in [4.78, 5) is 1.96. The maximum Gasteiger partial charge on any atom is 0.131 e. The molecule has 0 bridgehead atoms. The zero-order valence-corrected chi connectivity index (χ0v) is 13.4. The van der Waals surface area contributed by atoms with Crippen LogP contribution in [-0.4, -0.2) is 0 Å². The van der Waals surface area contributed by atoms with Crippen molar-refractivity contribution in [3.05, 3.63) is 64.9 Å². The second-order valence-electron chi connectivity index (χ2n) is 5.00. The molecular weight excluding hydrogens is 267 g/mol. The second-order valence-corrected chi connectivity index (χ2v) is 6.31. The van der Waals surface area contributed by atoms with E-state index >= 15 is 0 Å². The molecule has 0 radical (unpaired) electrons. The van der Waals surface area contributed by atoms with Crippen molar-refractivity contribution in [3.8, 4) is 0 Å². The molecule has 2 heteroatoms. The summed E-state index contributed by atoms with van der Waals surface area (Å²) in [6.45, 7) is 14.1. The van der Waals surface area contributed by atoms with E-state index in [0.29, 0.717) is 5.56 Å². The Bertz CT molecular complexity index is 526. The van der Waals surface area contributed by atoms with Crippen LogP contribution in [0.4, 0.5) is 4.39 Å². The van der Waals surface area contributed by atoms with E-state index in [1.165, 1.54) is 17.2 Å². The Labute approximate surface area is 126 Å². The van der Waals surface area contributed by atoms with Crippen LogP contribution in [0.3, 0.4) is 0 Å². The maximum atomic E-state index is 14.0. The van der Waals surface area contributed by atoms with Crippen molar-refractivity contribution in [2.75, 3.05) is 0 Å². The van der Waals surface area contributed by atoms with Crippen LogP contribution >= 0.6 is 11.8 Å². The number of benzene rings is 1. The van der Waals surface area contributed by atoms with Crippen molar-refractivity contribution in [1.82, 2.24) is 0 Å². The molecule has 0 saturated heterocycles. The van der Waals surface area contributed by atoms with Crippen LogP contribution in [0, 0.1) is 5.82 Å². The van der Waals surface area contributed by atoms with Gasteiger partial charge in [-0.25, -0.2) is 4.39 Å². The minimum Gasteiger partial charge on any atom is -0.206 e. The summed E-state index contributed by atoms with van der Waals surface area (Å²) in [5.74, 6) is -0.176. The van der Waals surface area contributed by atoms with Gasteiger partial charge in [0.15, 0.2) is 0 Å². The predicted molar refractivity (Wildman–Crippen MR) is 90.1 cm³/mol. The lowest BCUT2D eigenvalue weighted by Crippen LogP contribution is -1.92. The fourth-order valence-electron chi connectivity index (χ4n) is 1.85. The summed E-state index contributed by atoms with van der Waals surface area (Å²) in [6.07, 6.45) is 2.86. The van der Waals surface area contributed by atoms with E-state index in [1.807, 2.05) is 19.1 Å². The van der Waals surface area contributed by atoms with Crippen LogP contribution < -0.4 is 0 Å². The highest BCUT2D eigenvalue weighted by Gasteiger charge is 2.12. The molecule has 0 amide bonds. The third-order valence-electron chi connectivity index (χ3n) is 3.14. The molecule has 0 heterocycles. The van der Waals surface area contributed by atoms with E-state index in [9.17, 15) is 4.39 Å². The van der Waals surface area contributed by atoms with E-state index < -0.39 is 0 Å². The van der Waals surface area contributed by atoms with Gasteiger partial charge in [-0.1, -0.05) is 61.2 Å². The van der Waals surface area contributed by atoms with Gasteiger partial charge in [-0.2, -0.15) is 0 Å². The Kier molecular flexibility index (Phi) is 6.80. The molecule has 1 rings (SSSR count). The summed E-state index contributed by atoms with van der Waals surface area (Å²) in [5.41, 5.74) is 3.09. The first-order chi connectivity index (χ1) is 9.45. The van der Waals surface area contributed by atoms with Crippen LogP contribution in [0.5, 0.6) is 0 Å². The molecule has 108 valence electrons. The molecule has 0 aromatic heterocycles. The summed E-state index contributed by atoms with van der Waals surface area (Å²) in [5, 5.41) is 0. The van der Waals surface area contributed by atoms with E-state index in [1.54, 1.807) is 17.8 Å². The number of hydrogen-bond donors (Lipinski definition) is 0. The lowest BCUT2D eigenvalue weighted by Gasteiger charge is -2.13. The van der Waals surface area contributed by atoms with Gasteiger partial charge in [0.1, 0.15) is 5.82 Å². The topological polar surface area (TPSA) is 0 Å². The highest BCUT2D eigenvalue weighted by atomic mass is 32.2. The first-order valence-corrected chi connectivity index (χ1v) is 7.72. The normalized spacial score (nSPS) is 12.0. The molecule has 0 aliphatic rings. The largest absolute Gasteiger partial charge is 0.206 e. The summed E-state index contributed by atoms with van der Waals surface area (Å²) in [7, 11) is 0. The molecule has 20 heavy (non-hydrogen) atoms. The zero-order valence-electron chi connectivity index (χ0n) is 12.6. The van der Waals surface area contributed by atoms with Crippen molar-refractivity contribution in [2.24, 2.45) is 0 Å². The molecule has 0 fully saturated rings. The zero-order chi connectivity index (χ0) is 15.1. The lowest BCUT2D eigenvalue weighted by molar-refractivity contribution is 0.624. The first kappa shape index (κ1) is 16.8. The minimum atomic E-state index is -0.176. The monoisotopic (exact) mass is 290 g/mol. The van der Waals surface area contributed by atoms with Crippen molar-refractivity contribution >= 4 is 16.7 Å². The fraction of sp³-hybridized carbons (Fsp3) is 0.333. The molecule has 1 aromatic rings. The standard InChI is InChI=1S/C18H23FS/c1-6-14(4)11-12-15(5)18(20-13(2)3)16-9-7-8-10-17(16)19/h7-10H,2,4,6,11-12H2,1,3,5H3/b18-15+. The number of rotatable bonds is 7. The average molecular weight is 290 g/mol.